The lowest BCUT2D eigenvalue weighted by Crippen LogP contribution is -2.54. The topological polar surface area (TPSA) is 87.2 Å². The number of alkyl halides is 2. The van der Waals surface area contributed by atoms with Gasteiger partial charge in [-0.1, -0.05) is 0 Å². The Morgan fingerprint density at radius 2 is 1.58 bits per heavy atom. The molecule has 0 aliphatic carbocycles. The van der Waals surface area contributed by atoms with Gasteiger partial charge in [0.1, 0.15) is 18.4 Å². The summed E-state index contributed by atoms with van der Waals surface area (Å²) in [7, 11) is 0. The highest BCUT2D eigenvalue weighted by Crippen LogP contribution is 2.44. The molecular formula is C21H12F8N2O5. The number of carboxylic acids is 1. The molecule has 1 N–H and O–H groups in total. The van der Waals surface area contributed by atoms with Crippen LogP contribution in [0.5, 0.6) is 5.75 Å². The lowest BCUT2D eigenvalue weighted by atomic mass is 10.0. The van der Waals surface area contributed by atoms with Crippen molar-refractivity contribution in [1.82, 2.24) is 4.90 Å². The highest BCUT2D eigenvalue weighted by Gasteiger charge is 2.52. The first-order chi connectivity index (χ1) is 16.8. The molecule has 0 aromatic heterocycles. The number of carbonyl (C=O) groups is 3. The predicted octanol–water partition coefficient (Wildman–Crippen LogP) is 3.58. The van der Waals surface area contributed by atoms with E-state index in [0.29, 0.717) is 6.07 Å². The van der Waals surface area contributed by atoms with Crippen LogP contribution < -0.4 is 9.64 Å². The summed E-state index contributed by atoms with van der Waals surface area (Å²) in [6, 6.07) is -0.885. The summed E-state index contributed by atoms with van der Waals surface area (Å²) >= 11 is 0. The van der Waals surface area contributed by atoms with Crippen LogP contribution in [0.15, 0.2) is 12.1 Å². The van der Waals surface area contributed by atoms with E-state index in [1.165, 1.54) is 0 Å². The minimum Gasteiger partial charge on any atom is -0.480 e. The maximum absolute atomic E-state index is 14.7. The number of benzene rings is 2. The van der Waals surface area contributed by atoms with Gasteiger partial charge in [0.15, 0.2) is 29.0 Å². The number of anilines is 1. The number of halogens is 8. The average molecular weight is 524 g/mol. The number of carbonyl (C=O) groups excluding carboxylic acids is 2. The molecule has 2 aromatic carbocycles. The fraction of sp³-hybridized carbons (Fsp3) is 0.286. The van der Waals surface area contributed by atoms with E-state index in [9.17, 15) is 54.6 Å². The van der Waals surface area contributed by atoms with Crippen LogP contribution in [0.2, 0.25) is 0 Å². The normalized spacial score (nSPS) is 18.8. The number of likely N-dealkylation sites (tertiary alicyclic amines) is 1. The Kier molecular flexibility index (Phi) is 6.04. The molecule has 4 rings (SSSR count). The third kappa shape index (κ3) is 3.87. The summed E-state index contributed by atoms with van der Waals surface area (Å²) in [4.78, 5) is 37.2. The standard InChI is InChI=1S/C21H12F8N2O5/c22-8-5-11-10(4-7(8)13-14(23)16(25)18(27)17(26)15(13)24)31(20(35)21(28,29)36-11)6-12(32)30-3-1-2-9(30)19(33)34/h4-5,9H,1-3,6H2,(H,33,34)/t9-/m0/s1. The maximum Gasteiger partial charge on any atom is 0.482 e. The number of ether oxygens (including phenoxy) is 1. The number of nitrogens with zero attached hydrogens (tertiary/aromatic N) is 2. The summed E-state index contributed by atoms with van der Waals surface area (Å²) in [5, 5.41) is 9.23. The molecule has 0 spiro atoms. The van der Waals surface area contributed by atoms with Gasteiger partial charge in [-0.2, -0.15) is 8.78 Å². The quantitative estimate of drug-likeness (QED) is 0.376. The van der Waals surface area contributed by atoms with Crippen molar-refractivity contribution in [2.24, 2.45) is 0 Å². The Balaban J connectivity index is 1.84. The molecule has 2 aliphatic heterocycles. The van der Waals surface area contributed by atoms with Gasteiger partial charge in [-0.15, -0.1) is 0 Å². The van der Waals surface area contributed by atoms with Crippen molar-refractivity contribution in [3.8, 4) is 16.9 Å². The first-order valence-electron chi connectivity index (χ1n) is 10.0. The smallest absolute Gasteiger partial charge is 0.480 e. The van der Waals surface area contributed by atoms with Gasteiger partial charge in [0.2, 0.25) is 11.7 Å². The molecule has 15 heteroatoms. The minimum absolute atomic E-state index is 0.0421. The van der Waals surface area contributed by atoms with E-state index in [-0.39, 0.29) is 30.4 Å². The van der Waals surface area contributed by atoms with Crippen LogP contribution in [0, 0.1) is 34.9 Å². The van der Waals surface area contributed by atoms with Gasteiger partial charge in [0.25, 0.3) is 0 Å². The number of rotatable bonds is 4. The second-order valence-corrected chi connectivity index (χ2v) is 7.84. The Labute approximate surface area is 195 Å². The summed E-state index contributed by atoms with van der Waals surface area (Å²) in [5.74, 6) is -19.8. The lowest BCUT2D eigenvalue weighted by Gasteiger charge is -2.34. The Morgan fingerprint density at radius 3 is 2.17 bits per heavy atom. The summed E-state index contributed by atoms with van der Waals surface area (Å²) in [6.07, 6.45) is -4.34. The number of hydrogen-bond acceptors (Lipinski definition) is 4. The zero-order chi connectivity index (χ0) is 26.7. The Bertz CT molecular complexity index is 1290. The highest BCUT2D eigenvalue weighted by molar-refractivity contribution is 6.05. The molecule has 1 fully saturated rings. The van der Waals surface area contributed by atoms with Gasteiger partial charge >= 0.3 is 18.0 Å². The second-order valence-electron chi connectivity index (χ2n) is 7.84. The van der Waals surface area contributed by atoms with Crippen LogP contribution >= 0.6 is 0 Å². The number of hydrogen-bond donors (Lipinski definition) is 1. The van der Waals surface area contributed by atoms with Crippen LogP contribution in [-0.2, 0) is 14.4 Å². The first-order valence-corrected chi connectivity index (χ1v) is 10.0. The van der Waals surface area contributed by atoms with Crippen LogP contribution in [0.25, 0.3) is 11.1 Å². The third-order valence-corrected chi connectivity index (χ3v) is 5.70. The molecule has 7 nitrogen and oxygen atoms in total. The van der Waals surface area contributed by atoms with Crippen LogP contribution in [0.3, 0.4) is 0 Å². The van der Waals surface area contributed by atoms with E-state index >= 15 is 0 Å². The molecule has 192 valence electrons. The van der Waals surface area contributed by atoms with E-state index < -0.39 is 93.9 Å². The molecule has 0 bridgehead atoms. The number of carboxylic acid groups (broad SMARTS) is 1. The molecule has 2 heterocycles. The molecule has 1 saturated heterocycles. The number of aliphatic carboxylic acids is 1. The second kappa shape index (κ2) is 8.64. The van der Waals surface area contributed by atoms with Crippen molar-refractivity contribution in [1.29, 1.82) is 0 Å². The van der Waals surface area contributed by atoms with Crippen molar-refractivity contribution in [2.45, 2.75) is 25.0 Å². The van der Waals surface area contributed by atoms with E-state index in [1.54, 1.807) is 0 Å². The van der Waals surface area contributed by atoms with Crippen LogP contribution in [-0.4, -0.2) is 53.0 Å². The summed E-state index contributed by atoms with van der Waals surface area (Å²) in [5.41, 5.74) is -3.93. The van der Waals surface area contributed by atoms with Crippen molar-refractivity contribution in [3.05, 3.63) is 47.0 Å². The molecule has 0 radical (unpaired) electrons. The van der Waals surface area contributed by atoms with Gasteiger partial charge in [-0.25, -0.2) is 31.1 Å². The SMILES string of the molecule is O=C(O)[C@@H]1CCCN1C(=O)CN1C(=O)C(F)(F)Oc2cc(F)c(-c3c(F)c(F)c(F)c(F)c3F)cc21. The van der Waals surface area contributed by atoms with Crippen molar-refractivity contribution in [2.75, 3.05) is 18.0 Å². The fourth-order valence-electron chi connectivity index (χ4n) is 4.02. The van der Waals surface area contributed by atoms with E-state index in [1.807, 2.05) is 0 Å². The van der Waals surface area contributed by atoms with Crippen LogP contribution in [0.4, 0.5) is 40.8 Å². The van der Waals surface area contributed by atoms with Crippen molar-refractivity contribution >= 4 is 23.5 Å². The molecule has 2 amide bonds. The molecule has 0 unspecified atom stereocenters. The third-order valence-electron chi connectivity index (χ3n) is 5.70. The van der Waals surface area contributed by atoms with Gasteiger partial charge in [-0.05, 0) is 18.9 Å². The molecule has 36 heavy (non-hydrogen) atoms. The summed E-state index contributed by atoms with van der Waals surface area (Å²) in [6.45, 7) is -1.31. The van der Waals surface area contributed by atoms with E-state index in [2.05, 4.69) is 4.74 Å². The van der Waals surface area contributed by atoms with Crippen molar-refractivity contribution in [3.63, 3.8) is 0 Å². The van der Waals surface area contributed by atoms with E-state index in [4.69, 9.17) is 0 Å². The van der Waals surface area contributed by atoms with Gasteiger partial charge in [0, 0.05) is 18.2 Å². The maximum atomic E-state index is 14.7. The van der Waals surface area contributed by atoms with Gasteiger partial charge < -0.3 is 14.7 Å². The Hall–Kier alpha value is -3.91. The highest BCUT2D eigenvalue weighted by atomic mass is 19.3. The minimum atomic E-state index is -4.64. The first kappa shape index (κ1) is 25.2. The predicted molar refractivity (Wildman–Crippen MR) is 102 cm³/mol. The van der Waals surface area contributed by atoms with E-state index in [0.717, 1.165) is 4.90 Å². The van der Waals surface area contributed by atoms with Gasteiger partial charge in [-0.3, -0.25) is 14.5 Å². The summed E-state index contributed by atoms with van der Waals surface area (Å²) < 4.78 is 117. The molecule has 2 aromatic rings. The molecule has 2 aliphatic rings. The molecule has 0 saturated carbocycles. The zero-order valence-electron chi connectivity index (χ0n) is 17.6. The average Bonchev–Trinajstić information content (AvgIpc) is 3.31. The largest absolute Gasteiger partial charge is 0.482 e. The van der Waals surface area contributed by atoms with Crippen LogP contribution in [0.1, 0.15) is 12.8 Å². The monoisotopic (exact) mass is 524 g/mol. The molecular weight excluding hydrogens is 512 g/mol. The Morgan fingerprint density at radius 1 is 1.00 bits per heavy atom. The lowest BCUT2D eigenvalue weighted by molar-refractivity contribution is -0.193. The number of fused-ring (bicyclic) bond motifs is 1. The molecule has 1 atom stereocenters. The zero-order valence-corrected chi connectivity index (χ0v) is 17.6. The fourth-order valence-corrected chi connectivity index (χ4v) is 4.02. The van der Waals surface area contributed by atoms with Crippen molar-refractivity contribution < 1.29 is 59.4 Å². The van der Waals surface area contributed by atoms with Gasteiger partial charge in [0.05, 0.1) is 11.3 Å². The number of amides is 2.